The number of rotatable bonds is 3. The number of nitrogens with one attached hydrogen (secondary N) is 1. The number of carbonyl (C=O) groups is 1. The van der Waals surface area contributed by atoms with Gasteiger partial charge in [-0.05, 0) is 24.1 Å². The van der Waals surface area contributed by atoms with Gasteiger partial charge in [-0.25, -0.2) is 18.6 Å². The number of aromatic amines is 1. The third-order valence-electron chi connectivity index (χ3n) is 2.87. The highest BCUT2D eigenvalue weighted by Gasteiger charge is 2.22. The van der Waals surface area contributed by atoms with Crippen molar-refractivity contribution in [3.05, 3.63) is 41.2 Å². The Hall–Kier alpha value is -2.24. The normalized spacial score (nSPS) is 10.9. The highest BCUT2D eigenvalue weighted by atomic mass is 19.1. The van der Waals surface area contributed by atoms with Crippen LogP contribution in [0.3, 0.4) is 0 Å². The number of carbonyl (C=O) groups excluding carboxylic acids is 1. The van der Waals surface area contributed by atoms with E-state index in [9.17, 15) is 13.6 Å². The van der Waals surface area contributed by atoms with E-state index in [1.807, 2.05) is 13.8 Å². The molecule has 20 heavy (non-hydrogen) atoms. The van der Waals surface area contributed by atoms with Crippen molar-refractivity contribution >= 4 is 5.97 Å². The quantitative estimate of drug-likeness (QED) is 0.878. The van der Waals surface area contributed by atoms with E-state index in [2.05, 4.69) is 14.7 Å². The number of halogens is 2. The summed E-state index contributed by atoms with van der Waals surface area (Å²) < 4.78 is 31.6. The van der Waals surface area contributed by atoms with E-state index in [4.69, 9.17) is 0 Å². The molecule has 2 aromatic rings. The first-order valence-corrected chi connectivity index (χ1v) is 6.07. The molecule has 0 saturated heterocycles. The molecule has 0 aliphatic rings. The Bertz CT molecular complexity index is 651. The largest absolute Gasteiger partial charge is 0.464 e. The maximum absolute atomic E-state index is 13.7. The lowest BCUT2D eigenvalue weighted by Gasteiger charge is -2.03. The van der Waals surface area contributed by atoms with Gasteiger partial charge in [-0.1, -0.05) is 13.8 Å². The third-order valence-corrected chi connectivity index (χ3v) is 2.87. The summed E-state index contributed by atoms with van der Waals surface area (Å²) in [6, 6.07) is 3.06. The smallest absolute Gasteiger partial charge is 0.358 e. The molecule has 0 spiro atoms. The second kappa shape index (κ2) is 5.40. The molecule has 1 heterocycles. The lowest BCUT2D eigenvalue weighted by atomic mass is 10.1. The highest BCUT2D eigenvalue weighted by molar-refractivity contribution is 5.89. The molecule has 0 radical (unpaired) electrons. The van der Waals surface area contributed by atoms with Crippen molar-refractivity contribution < 1.29 is 18.3 Å². The van der Waals surface area contributed by atoms with Gasteiger partial charge in [-0.3, -0.25) is 0 Å². The van der Waals surface area contributed by atoms with Crippen molar-refractivity contribution in [2.45, 2.75) is 19.8 Å². The number of benzene rings is 1. The standard InChI is InChI=1S/C14H14F2N2O2/c1-7(2)11-12(14(19)20-3)18-13(17-11)9-6-8(15)4-5-10(9)16/h4-7H,1-3H3,(H,17,18). The van der Waals surface area contributed by atoms with Crippen LogP contribution in [0.25, 0.3) is 11.4 Å². The van der Waals surface area contributed by atoms with E-state index in [1.54, 1.807) is 0 Å². The topological polar surface area (TPSA) is 55.0 Å². The average molecular weight is 280 g/mol. The van der Waals surface area contributed by atoms with E-state index < -0.39 is 17.6 Å². The van der Waals surface area contributed by atoms with E-state index in [1.165, 1.54) is 7.11 Å². The summed E-state index contributed by atoms with van der Waals surface area (Å²) in [7, 11) is 1.24. The number of nitrogens with zero attached hydrogens (tertiary/aromatic N) is 1. The van der Waals surface area contributed by atoms with Crippen molar-refractivity contribution in [3.63, 3.8) is 0 Å². The molecule has 0 saturated carbocycles. The molecule has 4 nitrogen and oxygen atoms in total. The van der Waals surface area contributed by atoms with E-state index >= 15 is 0 Å². The van der Waals surface area contributed by atoms with Crippen molar-refractivity contribution in [1.29, 1.82) is 0 Å². The molecule has 2 rings (SSSR count). The number of ether oxygens (including phenoxy) is 1. The number of methoxy groups -OCH3 is 1. The fourth-order valence-corrected chi connectivity index (χ4v) is 1.86. The first-order chi connectivity index (χ1) is 9.43. The fraction of sp³-hybridized carbons (Fsp3) is 0.286. The molecule has 0 aliphatic carbocycles. The Balaban J connectivity index is 2.58. The van der Waals surface area contributed by atoms with Crippen LogP contribution in [0.1, 0.15) is 35.9 Å². The predicted molar refractivity (Wildman–Crippen MR) is 69.4 cm³/mol. The number of esters is 1. The zero-order chi connectivity index (χ0) is 14.9. The summed E-state index contributed by atoms with van der Waals surface area (Å²) in [4.78, 5) is 18.6. The summed E-state index contributed by atoms with van der Waals surface area (Å²) in [5, 5.41) is 0. The maximum Gasteiger partial charge on any atom is 0.358 e. The fourth-order valence-electron chi connectivity index (χ4n) is 1.86. The Morgan fingerprint density at radius 1 is 1.35 bits per heavy atom. The molecule has 0 bridgehead atoms. The zero-order valence-electron chi connectivity index (χ0n) is 11.3. The van der Waals surface area contributed by atoms with Crippen LogP contribution in [0.15, 0.2) is 18.2 Å². The second-order valence-electron chi connectivity index (χ2n) is 4.62. The van der Waals surface area contributed by atoms with Gasteiger partial charge in [-0.15, -0.1) is 0 Å². The van der Waals surface area contributed by atoms with Crippen LogP contribution in [-0.2, 0) is 4.74 Å². The van der Waals surface area contributed by atoms with Gasteiger partial charge >= 0.3 is 5.97 Å². The van der Waals surface area contributed by atoms with Gasteiger partial charge in [-0.2, -0.15) is 0 Å². The number of aromatic nitrogens is 2. The number of hydrogen-bond acceptors (Lipinski definition) is 3. The van der Waals surface area contributed by atoms with Gasteiger partial charge in [0.05, 0.1) is 18.4 Å². The number of H-pyrrole nitrogens is 1. The number of imidazole rings is 1. The molecule has 0 amide bonds. The molecule has 0 unspecified atom stereocenters. The van der Waals surface area contributed by atoms with Crippen LogP contribution in [0.4, 0.5) is 8.78 Å². The minimum absolute atomic E-state index is 0.0259. The summed E-state index contributed by atoms with van der Waals surface area (Å²) in [5.41, 5.74) is 0.582. The van der Waals surface area contributed by atoms with Crippen LogP contribution >= 0.6 is 0 Å². The van der Waals surface area contributed by atoms with Crippen LogP contribution in [0, 0.1) is 11.6 Å². The summed E-state index contributed by atoms with van der Waals surface area (Å²) in [5.74, 6) is -1.75. The van der Waals surface area contributed by atoms with Crippen LogP contribution < -0.4 is 0 Å². The Kier molecular flexibility index (Phi) is 3.83. The van der Waals surface area contributed by atoms with E-state index in [0.29, 0.717) is 5.69 Å². The molecule has 0 aliphatic heterocycles. The van der Waals surface area contributed by atoms with Crippen molar-refractivity contribution in [2.75, 3.05) is 7.11 Å². The van der Waals surface area contributed by atoms with Crippen LogP contribution in [-0.4, -0.2) is 23.0 Å². The summed E-state index contributed by atoms with van der Waals surface area (Å²) in [6.45, 7) is 3.71. The Morgan fingerprint density at radius 3 is 2.65 bits per heavy atom. The zero-order valence-corrected chi connectivity index (χ0v) is 11.3. The van der Waals surface area contributed by atoms with Crippen LogP contribution in [0.5, 0.6) is 0 Å². The minimum Gasteiger partial charge on any atom is -0.464 e. The maximum atomic E-state index is 13.7. The van der Waals surface area contributed by atoms with Gasteiger partial charge in [0.25, 0.3) is 0 Å². The van der Waals surface area contributed by atoms with Gasteiger partial charge in [0.15, 0.2) is 5.69 Å². The Morgan fingerprint density at radius 2 is 2.05 bits per heavy atom. The monoisotopic (exact) mass is 280 g/mol. The molecule has 106 valence electrons. The first-order valence-electron chi connectivity index (χ1n) is 6.07. The lowest BCUT2D eigenvalue weighted by molar-refractivity contribution is 0.0593. The van der Waals surface area contributed by atoms with Crippen molar-refractivity contribution in [3.8, 4) is 11.4 Å². The van der Waals surface area contributed by atoms with Crippen molar-refractivity contribution in [1.82, 2.24) is 9.97 Å². The second-order valence-corrected chi connectivity index (χ2v) is 4.62. The first kappa shape index (κ1) is 14.2. The molecule has 6 heteroatoms. The summed E-state index contributed by atoms with van der Waals surface area (Å²) in [6.07, 6.45) is 0. The van der Waals surface area contributed by atoms with Gasteiger partial charge in [0, 0.05) is 0 Å². The number of hydrogen-bond donors (Lipinski definition) is 1. The highest BCUT2D eigenvalue weighted by Crippen LogP contribution is 2.26. The molecular formula is C14H14F2N2O2. The lowest BCUT2D eigenvalue weighted by Crippen LogP contribution is -2.06. The van der Waals surface area contributed by atoms with Gasteiger partial charge in [0.2, 0.25) is 0 Å². The molecule has 0 fully saturated rings. The molecule has 1 aromatic carbocycles. The molecule has 1 N–H and O–H groups in total. The average Bonchev–Trinajstić information content (AvgIpc) is 2.85. The minimum atomic E-state index is -0.619. The predicted octanol–water partition coefficient (Wildman–Crippen LogP) is 3.26. The van der Waals surface area contributed by atoms with E-state index in [-0.39, 0.29) is 23.0 Å². The van der Waals surface area contributed by atoms with Gasteiger partial charge in [0.1, 0.15) is 17.5 Å². The summed E-state index contributed by atoms with van der Waals surface area (Å²) >= 11 is 0. The van der Waals surface area contributed by atoms with Gasteiger partial charge < -0.3 is 9.72 Å². The van der Waals surface area contributed by atoms with E-state index in [0.717, 1.165) is 18.2 Å². The molecule has 0 atom stereocenters. The SMILES string of the molecule is COC(=O)c1nc(-c2cc(F)ccc2F)[nH]c1C(C)C. The third kappa shape index (κ3) is 2.54. The Labute approximate surface area is 114 Å². The molecule has 1 aromatic heterocycles. The molecular weight excluding hydrogens is 266 g/mol. The van der Waals surface area contributed by atoms with Crippen molar-refractivity contribution in [2.24, 2.45) is 0 Å². The van der Waals surface area contributed by atoms with Crippen LogP contribution in [0.2, 0.25) is 0 Å².